The SMILES string of the molecule is CN=C(NCCCOc1ccc(Cl)cc1C)NC1CCc2nc(COC)nn2C1. The van der Waals surface area contributed by atoms with Gasteiger partial charge in [-0.05, 0) is 43.5 Å². The van der Waals surface area contributed by atoms with Gasteiger partial charge in [0.15, 0.2) is 11.8 Å². The number of hydrogen-bond donors (Lipinski definition) is 2. The summed E-state index contributed by atoms with van der Waals surface area (Å²) in [6, 6.07) is 5.92. The van der Waals surface area contributed by atoms with Gasteiger partial charge in [0.25, 0.3) is 0 Å². The van der Waals surface area contributed by atoms with Crippen molar-refractivity contribution in [2.75, 3.05) is 27.3 Å². The lowest BCUT2D eigenvalue weighted by Gasteiger charge is -2.25. The first-order chi connectivity index (χ1) is 14.1. The highest BCUT2D eigenvalue weighted by atomic mass is 35.5. The van der Waals surface area contributed by atoms with Crippen LogP contribution in [0.5, 0.6) is 5.75 Å². The summed E-state index contributed by atoms with van der Waals surface area (Å²) in [4.78, 5) is 8.84. The molecule has 0 fully saturated rings. The van der Waals surface area contributed by atoms with Crippen LogP contribution in [0.3, 0.4) is 0 Å². The van der Waals surface area contributed by atoms with Gasteiger partial charge in [0.2, 0.25) is 0 Å². The molecule has 2 N–H and O–H groups in total. The summed E-state index contributed by atoms with van der Waals surface area (Å²) >= 11 is 5.97. The Morgan fingerprint density at radius 1 is 1.41 bits per heavy atom. The quantitative estimate of drug-likeness (QED) is 0.387. The zero-order valence-corrected chi connectivity index (χ0v) is 18.0. The van der Waals surface area contributed by atoms with Crippen LogP contribution in [0.2, 0.25) is 5.02 Å². The highest BCUT2D eigenvalue weighted by Gasteiger charge is 2.22. The zero-order chi connectivity index (χ0) is 20.6. The number of aromatic nitrogens is 3. The van der Waals surface area contributed by atoms with Gasteiger partial charge in [0, 0.05) is 38.2 Å². The maximum atomic E-state index is 5.97. The molecule has 2 aromatic rings. The number of ether oxygens (including phenoxy) is 2. The second-order valence-electron chi connectivity index (χ2n) is 7.05. The number of guanidine groups is 1. The molecule has 8 nitrogen and oxygen atoms in total. The minimum atomic E-state index is 0.263. The summed E-state index contributed by atoms with van der Waals surface area (Å²) in [7, 11) is 3.44. The van der Waals surface area contributed by atoms with Crippen LogP contribution >= 0.6 is 11.6 Å². The van der Waals surface area contributed by atoms with Gasteiger partial charge >= 0.3 is 0 Å². The average molecular weight is 421 g/mol. The number of rotatable bonds is 8. The van der Waals surface area contributed by atoms with Gasteiger partial charge in [0.05, 0.1) is 13.2 Å². The molecule has 0 bridgehead atoms. The maximum absolute atomic E-state index is 5.97. The van der Waals surface area contributed by atoms with Gasteiger partial charge in [-0.15, -0.1) is 0 Å². The van der Waals surface area contributed by atoms with Crippen molar-refractivity contribution in [3.8, 4) is 5.75 Å². The molecule has 0 amide bonds. The monoisotopic (exact) mass is 420 g/mol. The molecule has 0 saturated heterocycles. The Morgan fingerprint density at radius 2 is 2.28 bits per heavy atom. The zero-order valence-electron chi connectivity index (χ0n) is 17.2. The Balaban J connectivity index is 1.39. The number of benzene rings is 1. The van der Waals surface area contributed by atoms with Gasteiger partial charge in [0.1, 0.15) is 18.2 Å². The van der Waals surface area contributed by atoms with Crippen molar-refractivity contribution in [1.82, 2.24) is 25.4 Å². The van der Waals surface area contributed by atoms with E-state index < -0.39 is 0 Å². The Morgan fingerprint density at radius 3 is 3.03 bits per heavy atom. The van der Waals surface area contributed by atoms with Crippen molar-refractivity contribution >= 4 is 17.6 Å². The Bertz CT molecular complexity index is 838. The van der Waals surface area contributed by atoms with E-state index in [1.165, 1.54) is 0 Å². The first-order valence-electron chi connectivity index (χ1n) is 9.86. The third kappa shape index (κ3) is 6.08. The molecule has 1 aliphatic heterocycles. The predicted molar refractivity (Wildman–Crippen MR) is 114 cm³/mol. The van der Waals surface area contributed by atoms with Crippen LogP contribution in [0.1, 0.15) is 30.1 Å². The summed E-state index contributed by atoms with van der Waals surface area (Å²) in [6.07, 6.45) is 2.74. The fourth-order valence-electron chi connectivity index (χ4n) is 3.29. The molecule has 1 unspecified atom stereocenters. The van der Waals surface area contributed by atoms with E-state index in [-0.39, 0.29) is 6.04 Å². The van der Waals surface area contributed by atoms with Crippen molar-refractivity contribution in [3.05, 3.63) is 40.4 Å². The molecule has 1 aliphatic rings. The first-order valence-corrected chi connectivity index (χ1v) is 10.2. The fourth-order valence-corrected chi connectivity index (χ4v) is 3.52. The molecule has 0 saturated carbocycles. The molecule has 0 spiro atoms. The lowest BCUT2D eigenvalue weighted by Crippen LogP contribution is -2.47. The average Bonchev–Trinajstić information content (AvgIpc) is 3.10. The lowest BCUT2D eigenvalue weighted by atomic mass is 10.1. The largest absolute Gasteiger partial charge is 0.493 e. The standard InChI is InChI=1S/C20H29ClN6O2/c1-14-11-15(21)5-7-17(14)29-10-4-9-23-20(22-2)24-16-6-8-19-25-18(13-28-3)26-27(19)12-16/h5,7,11,16H,4,6,8-10,12-13H2,1-3H3,(H2,22,23,24). The van der Waals surface area contributed by atoms with E-state index in [1.54, 1.807) is 14.2 Å². The number of hydrogen-bond acceptors (Lipinski definition) is 5. The Kier molecular flexibility index (Phi) is 7.71. The van der Waals surface area contributed by atoms with Crippen molar-refractivity contribution in [3.63, 3.8) is 0 Å². The van der Waals surface area contributed by atoms with Crippen LogP contribution in [-0.4, -0.2) is 54.1 Å². The summed E-state index contributed by atoms with van der Waals surface area (Å²) in [6.45, 7) is 4.60. The normalized spacial score (nSPS) is 16.4. The number of fused-ring (bicyclic) bond motifs is 1. The molecule has 0 radical (unpaired) electrons. The molecule has 1 atom stereocenters. The van der Waals surface area contributed by atoms with Crippen LogP contribution < -0.4 is 15.4 Å². The topological polar surface area (TPSA) is 85.6 Å². The van der Waals surface area contributed by atoms with Crippen molar-refractivity contribution in [2.24, 2.45) is 4.99 Å². The van der Waals surface area contributed by atoms with Crippen LogP contribution in [0, 0.1) is 6.92 Å². The van der Waals surface area contributed by atoms with Gasteiger partial charge in [-0.25, -0.2) is 9.67 Å². The van der Waals surface area contributed by atoms with Crippen molar-refractivity contribution in [1.29, 1.82) is 0 Å². The maximum Gasteiger partial charge on any atom is 0.191 e. The third-order valence-electron chi connectivity index (χ3n) is 4.75. The van der Waals surface area contributed by atoms with Crippen LogP contribution in [0.25, 0.3) is 0 Å². The number of nitrogens with one attached hydrogen (secondary N) is 2. The molecular formula is C20H29ClN6O2. The number of nitrogens with zero attached hydrogens (tertiary/aromatic N) is 4. The van der Waals surface area contributed by atoms with E-state index >= 15 is 0 Å². The predicted octanol–water partition coefficient (Wildman–Crippen LogP) is 2.34. The van der Waals surface area contributed by atoms with Gasteiger partial charge in [-0.3, -0.25) is 4.99 Å². The molecule has 1 aromatic carbocycles. The molecule has 158 valence electrons. The summed E-state index contributed by atoms with van der Waals surface area (Å²) in [5.41, 5.74) is 1.04. The van der Waals surface area contributed by atoms with E-state index in [4.69, 9.17) is 21.1 Å². The van der Waals surface area contributed by atoms with Gasteiger partial charge in [-0.1, -0.05) is 11.6 Å². The van der Waals surface area contributed by atoms with Crippen molar-refractivity contribution in [2.45, 2.75) is 45.4 Å². The third-order valence-corrected chi connectivity index (χ3v) is 4.98. The number of aryl methyl sites for hydroxylation is 2. The summed E-state index contributed by atoms with van der Waals surface area (Å²) in [5.74, 6) is 3.42. The first kappa shape index (κ1) is 21.4. The highest BCUT2D eigenvalue weighted by molar-refractivity contribution is 6.30. The minimum Gasteiger partial charge on any atom is -0.493 e. The minimum absolute atomic E-state index is 0.263. The second-order valence-corrected chi connectivity index (χ2v) is 7.49. The number of methoxy groups -OCH3 is 1. The number of aliphatic imine (C=N–C) groups is 1. The highest BCUT2D eigenvalue weighted by Crippen LogP contribution is 2.21. The van der Waals surface area contributed by atoms with E-state index in [0.717, 1.165) is 66.3 Å². The van der Waals surface area contributed by atoms with E-state index in [0.29, 0.717) is 13.2 Å². The lowest BCUT2D eigenvalue weighted by molar-refractivity contribution is 0.177. The second kappa shape index (κ2) is 10.5. The van der Waals surface area contributed by atoms with Crippen LogP contribution in [0.15, 0.2) is 23.2 Å². The molecule has 0 aliphatic carbocycles. The van der Waals surface area contributed by atoms with Crippen molar-refractivity contribution < 1.29 is 9.47 Å². The van der Waals surface area contributed by atoms with Crippen LogP contribution in [0.4, 0.5) is 0 Å². The molecule has 29 heavy (non-hydrogen) atoms. The smallest absolute Gasteiger partial charge is 0.191 e. The molecule has 3 rings (SSSR count). The summed E-state index contributed by atoms with van der Waals surface area (Å²) in [5, 5.41) is 12.1. The van der Waals surface area contributed by atoms with Crippen LogP contribution in [-0.2, 0) is 24.3 Å². The Labute approximate surface area is 176 Å². The molecule has 1 aromatic heterocycles. The van der Waals surface area contributed by atoms with E-state index in [1.807, 2.05) is 29.8 Å². The van der Waals surface area contributed by atoms with Gasteiger partial charge < -0.3 is 20.1 Å². The number of halogens is 1. The van der Waals surface area contributed by atoms with E-state index in [9.17, 15) is 0 Å². The van der Waals surface area contributed by atoms with E-state index in [2.05, 4.69) is 25.7 Å². The Hall–Kier alpha value is -2.32. The molecular weight excluding hydrogens is 392 g/mol. The van der Waals surface area contributed by atoms with Gasteiger partial charge in [-0.2, -0.15) is 5.10 Å². The molecule has 9 heteroatoms. The summed E-state index contributed by atoms with van der Waals surface area (Å²) < 4.78 is 12.9. The fraction of sp³-hybridized carbons (Fsp3) is 0.550. The molecule has 2 heterocycles.